The van der Waals surface area contributed by atoms with E-state index < -0.39 is 26.0 Å². The molecule has 90 valence electrons. The smallest absolute Gasteiger partial charge is 0.313 e. The van der Waals surface area contributed by atoms with Gasteiger partial charge < -0.3 is 4.74 Å². The first kappa shape index (κ1) is 10.8. The van der Waals surface area contributed by atoms with Crippen LogP contribution in [0.5, 0.6) is 0 Å². The van der Waals surface area contributed by atoms with Crippen LogP contribution in [0.4, 0.5) is 0 Å². The Bertz CT molecular complexity index is 582. The largest absolute Gasteiger partial charge is 0.469 e. The van der Waals surface area contributed by atoms with E-state index in [0.29, 0.717) is 17.7 Å². The number of methoxy groups -OCH3 is 1. The second-order valence-electron chi connectivity index (χ2n) is 4.74. The van der Waals surface area contributed by atoms with Gasteiger partial charge in [-0.3, -0.25) is 4.79 Å². The highest BCUT2D eigenvalue weighted by atomic mass is 32.2. The molecule has 4 nitrogen and oxygen atoms in total. The van der Waals surface area contributed by atoms with E-state index in [1.807, 2.05) is 0 Å². The first-order valence-electron chi connectivity index (χ1n) is 5.38. The fourth-order valence-corrected chi connectivity index (χ4v) is 5.07. The summed E-state index contributed by atoms with van der Waals surface area (Å²) in [5, 5.41) is 0. The Morgan fingerprint density at radius 2 is 1.82 bits per heavy atom. The molecule has 0 bridgehead atoms. The molecule has 0 N–H and O–H groups in total. The van der Waals surface area contributed by atoms with Gasteiger partial charge in [-0.05, 0) is 25.0 Å². The van der Waals surface area contributed by atoms with Crippen LogP contribution >= 0.6 is 0 Å². The summed E-state index contributed by atoms with van der Waals surface area (Å²) in [6.45, 7) is 0. The van der Waals surface area contributed by atoms with Gasteiger partial charge in [-0.25, -0.2) is 8.42 Å². The molecular formula is C12H12O4S. The fraction of sp³-hybridized carbons (Fsp3) is 0.417. The van der Waals surface area contributed by atoms with Crippen LogP contribution in [-0.4, -0.2) is 26.2 Å². The molecule has 2 aliphatic rings. The Labute approximate surface area is 99.5 Å². The predicted molar refractivity (Wildman–Crippen MR) is 60.0 cm³/mol. The van der Waals surface area contributed by atoms with Crippen molar-refractivity contribution in [1.29, 1.82) is 0 Å². The lowest BCUT2D eigenvalue weighted by Gasteiger charge is -2.05. The van der Waals surface area contributed by atoms with E-state index in [2.05, 4.69) is 4.74 Å². The Kier molecular flexibility index (Phi) is 1.84. The number of fused-ring (bicyclic) bond motifs is 1. The molecule has 1 aromatic carbocycles. The molecule has 0 radical (unpaired) electrons. The van der Waals surface area contributed by atoms with Crippen molar-refractivity contribution in [3.8, 4) is 0 Å². The first-order chi connectivity index (χ1) is 8.00. The zero-order valence-electron chi connectivity index (χ0n) is 9.34. The molecular weight excluding hydrogens is 240 g/mol. The van der Waals surface area contributed by atoms with Crippen LogP contribution in [0.3, 0.4) is 0 Å². The van der Waals surface area contributed by atoms with Crippen LogP contribution in [0, 0.1) is 5.41 Å². The molecule has 0 aliphatic heterocycles. The molecule has 1 aromatic rings. The third kappa shape index (κ3) is 1.08. The Hall–Kier alpha value is -1.36. The molecule has 2 fully saturated rings. The van der Waals surface area contributed by atoms with Gasteiger partial charge in [0.15, 0.2) is 9.84 Å². The molecule has 3 rings (SSSR count). The zero-order valence-corrected chi connectivity index (χ0v) is 10.2. The molecule has 5 heteroatoms. The lowest BCUT2D eigenvalue weighted by Crippen LogP contribution is -2.15. The van der Waals surface area contributed by atoms with E-state index in [4.69, 9.17) is 0 Å². The highest BCUT2D eigenvalue weighted by Crippen LogP contribution is 2.83. The molecule has 0 unspecified atom stereocenters. The fourth-order valence-electron chi connectivity index (χ4n) is 2.63. The summed E-state index contributed by atoms with van der Waals surface area (Å²) in [6, 6.07) is 8.29. The maximum absolute atomic E-state index is 12.4. The average molecular weight is 252 g/mol. The van der Waals surface area contributed by atoms with Crippen molar-refractivity contribution in [2.75, 3.05) is 7.11 Å². The van der Waals surface area contributed by atoms with E-state index in [9.17, 15) is 13.2 Å². The highest BCUT2D eigenvalue weighted by molar-refractivity contribution is 7.93. The molecule has 17 heavy (non-hydrogen) atoms. The van der Waals surface area contributed by atoms with Gasteiger partial charge in [0.25, 0.3) is 0 Å². The third-order valence-electron chi connectivity index (χ3n) is 3.94. The SMILES string of the molecule is COC(=O)C12CC1(S(=O)(=O)c1ccccc1)C2. The van der Waals surface area contributed by atoms with Crippen molar-refractivity contribution in [2.45, 2.75) is 22.5 Å². The number of esters is 1. The third-order valence-corrected chi connectivity index (χ3v) is 6.54. The van der Waals surface area contributed by atoms with Gasteiger partial charge in [0.1, 0.15) is 0 Å². The number of ether oxygens (including phenoxy) is 1. The molecule has 2 aliphatic carbocycles. The van der Waals surface area contributed by atoms with Crippen molar-refractivity contribution in [3.63, 3.8) is 0 Å². The number of hydrogen-bond acceptors (Lipinski definition) is 4. The van der Waals surface area contributed by atoms with Gasteiger partial charge in [-0.1, -0.05) is 18.2 Å². The maximum Gasteiger partial charge on any atom is 0.313 e. The van der Waals surface area contributed by atoms with Crippen LogP contribution in [-0.2, 0) is 19.4 Å². The number of benzene rings is 1. The summed E-state index contributed by atoms with van der Waals surface area (Å²) in [5.74, 6) is -0.392. The van der Waals surface area contributed by atoms with Crippen LogP contribution in [0.1, 0.15) is 12.8 Å². The van der Waals surface area contributed by atoms with Crippen LogP contribution in [0.25, 0.3) is 0 Å². The molecule has 0 aromatic heterocycles. The molecule has 0 spiro atoms. The second kappa shape index (κ2) is 2.90. The molecule has 0 saturated heterocycles. The van der Waals surface area contributed by atoms with Crippen molar-refractivity contribution >= 4 is 15.8 Å². The van der Waals surface area contributed by atoms with Crippen molar-refractivity contribution in [1.82, 2.24) is 0 Å². The molecule has 0 atom stereocenters. The topological polar surface area (TPSA) is 60.4 Å². The summed E-state index contributed by atoms with van der Waals surface area (Å²) < 4.78 is 28.6. The van der Waals surface area contributed by atoms with Gasteiger partial charge >= 0.3 is 5.97 Å². The normalized spacial score (nSPS) is 33.7. The average Bonchev–Trinajstić information content (AvgIpc) is 3.15. The molecule has 0 heterocycles. The standard InChI is InChI=1S/C12H12O4S/c1-16-10(13)11-7-12(11,8-11)17(14,15)9-5-3-2-4-6-9/h2-6H,7-8H2,1H3. The predicted octanol–water partition coefficient (Wildman–Crippen LogP) is 1.17. The van der Waals surface area contributed by atoms with Crippen LogP contribution < -0.4 is 0 Å². The van der Waals surface area contributed by atoms with Gasteiger partial charge in [0, 0.05) is 0 Å². The summed E-state index contributed by atoms with van der Waals surface area (Å²) >= 11 is 0. The molecule has 2 saturated carbocycles. The van der Waals surface area contributed by atoms with Crippen LogP contribution in [0.2, 0.25) is 0 Å². The minimum Gasteiger partial charge on any atom is -0.469 e. The van der Waals surface area contributed by atoms with Gasteiger partial charge in [-0.15, -0.1) is 0 Å². The lowest BCUT2D eigenvalue weighted by atomic mass is 10.2. The number of rotatable bonds is 3. The first-order valence-corrected chi connectivity index (χ1v) is 6.87. The Morgan fingerprint density at radius 1 is 1.24 bits per heavy atom. The van der Waals surface area contributed by atoms with E-state index in [1.54, 1.807) is 30.3 Å². The number of sulfone groups is 1. The summed E-state index contributed by atoms with van der Waals surface area (Å²) in [4.78, 5) is 11.8. The number of carbonyl (C=O) groups is 1. The molecule has 0 amide bonds. The summed E-state index contributed by atoms with van der Waals surface area (Å²) in [5.41, 5.74) is -0.740. The summed E-state index contributed by atoms with van der Waals surface area (Å²) in [6.07, 6.45) is 0.813. The minimum absolute atomic E-state index is 0.295. The van der Waals surface area contributed by atoms with Crippen molar-refractivity contribution in [2.24, 2.45) is 5.41 Å². The lowest BCUT2D eigenvalue weighted by molar-refractivity contribution is -0.144. The van der Waals surface area contributed by atoms with E-state index in [0.717, 1.165) is 0 Å². The second-order valence-corrected chi connectivity index (χ2v) is 7.00. The zero-order chi connectivity index (χ0) is 12.3. The van der Waals surface area contributed by atoms with Gasteiger partial charge in [-0.2, -0.15) is 0 Å². The minimum atomic E-state index is -3.41. The number of carbonyl (C=O) groups excluding carboxylic acids is 1. The van der Waals surface area contributed by atoms with Crippen molar-refractivity contribution in [3.05, 3.63) is 30.3 Å². The van der Waals surface area contributed by atoms with E-state index in [1.165, 1.54) is 7.11 Å². The van der Waals surface area contributed by atoms with Crippen LogP contribution in [0.15, 0.2) is 35.2 Å². The quantitative estimate of drug-likeness (QED) is 0.757. The Morgan fingerprint density at radius 3 is 2.35 bits per heavy atom. The number of hydrogen-bond donors (Lipinski definition) is 0. The van der Waals surface area contributed by atoms with E-state index in [-0.39, 0.29) is 0 Å². The van der Waals surface area contributed by atoms with Gasteiger partial charge in [0.2, 0.25) is 0 Å². The highest BCUT2D eigenvalue weighted by Gasteiger charge is 2.94. The Balaban J connectivity index is 1.97. The monoisotopic (exact) mass is 252 g/mol. The van der Waals surface area contributed by atoms with E-state index >= 15 is 0 Å². The van der Waals surface area contributed by atoms with Gasteiger partial charge in [0.05, 0.1) is 22.2 Å². The maximum atomic E-state index is 12.4. The van der Waals surface area contributed by atoms with Crippen molar-refractivity contribution < 1.29 is 17.9 Å². The summed E-state index contributed by atoms with van der Waals surface area (Å²) in [7, 11) is -2.11.